The molecule has 96 valence electrons. The van der Waals surface area contributed by atoms with Crippen LogP contribution in [0.5, 0.6) is 0 Å². The molecule has 0 aromatic heterocycles. The van der Waals surface area contributed by atoms with E-state index in [4.69, 9.17) is 0 Å². The van der Waals surface area contributed by atoms with E-state index in [1.165, 1.54) is 5.56 Å². The monoisotopic (exact) mass is 255 g/mol. The van der Waals surface area contributed by atoms with E-state index in [9.17, 15) is 9.46 Å². The summed E-state index contributed by atoms with van der Waals surface area (Å²) in [6.45, 7) is 2.68. The van der Waals surface area contributed by atoms with Crippen LogP contribution in [0.25, 0.3) is 0 Å². The first-order valence-electron chi connectivity index (χ1n) is 6.19. The molecule has 0 fully saturated rings. The summed E-state index contributed by atoms with van der Waals surface area (Å²) in [6, 6.07) is 10.2. The Labute approximate surface area is 104 Å². The molecule has 0 aliphatic carbocycles. The van der Waals surface area contributed by atoms with Gasteiger partial charge in [-0.2, -0.15) is 0 Å². The summed E-state index contributed by atoms with van der Waals surface area (Å²) in [5.74, 6) is 0. The third-order valence-corrected chi connectivity index (χ3v) is 4.41. The van der Waals surface area contributed by atoms with Crippen LogP contribution in [0.4, 0.5) is 0 Å². The molecule has 1 atom stereocenters. The molecule has 17 heavy (non-hydrogen) atoms. The first-order chi connectivity index (χ1) is 8.14. The summed E-state index contributed by atoms with van der Waals surface area (Å²) in [5.41, 5.74) is 1.30. The summed E-state index contributed by atoms with van der Waals surface area (Å²) >= 11 is 0. The van der Waals surface area contributed by atoms with Gasteiger partial charge in [0.15, 0.2) is 0 Å². The van der Waals surface area contributed by atoms with Gasteiger partial charge in [0.25, 0.3) is 0 Å². The summed E-state index contributed by atoms with van der Waals surface area (Å²) in [6.07, 6.45) is 3.44. The summed E-state index contributed by atoms with van der Waals surface area (Å²) in [4.78, 5) is 9.64. The number of hydrogen-bond donors (Lipinski definition) is 2. The third kappa shape index (κ3) is 6.62. The minimum absolute atomic E-state index is 0.245. The van der Waals surface area contributed by atoms with Crippen LogP contribution in [0.3, 0.4) is 0 Å². The number of unbranched alkanes of at least 4 members (excludes halogenated alkanes) is 1. The van der Waals surface area contributed by atoms with Crippen LogP contribution >= 0.6 is 7.37 Å². The maximum atomic E-state index is 11.7. The van der Waals surface area contributed by atoms with E-state index < -0.39 is 7.37 Å². The standard InChI is InChI=1S/C13H22NO2P/c1-2-14-12-17(15,16)11-7-6-10-13-8-4-3-5-9-13/h3-5,8-9,14H,2,6-7,10-12H2,1H3,(H,15,16). The van der Waals surface area contributed by atoms with Crippen molar-refractivity contribution in [1.82, 2.24) is 5.32 Å². The molecule has 3 nitrogen and oxygen atoms in total. The molecule has 1 unspecified atom stereocenters. The Morgan fingerprint density at radius 3 is 2.59 bits per heavy atom. The largest absolute Gasteiger partial charge is 0.343 e. The molecule has 0 aliphatic heterocycles. The highest BCUT2D eigenvalue weighted by molar-refractivity contribution is 7.57. The number of rotatable bonds is 8. The van der Waals surface area contributed by atoms with Crippen molar-refractivity contribution >= 4 is 7.37 Å². The van der Waals surface area contributed by atoms with Gasteiger partial charge in [-0.15, -0.1) is 0 Å². The van der Waals surface area contributed by atoms with E-state index in [0.29, 0.717) is 6.16 Å². The van der Waals surface area contributed by atoms with Crippen LogP contribution in [0, 0.1) is 0 Å². The number of aryl methyl sites for hydroxylation is 1. The van der Waals surface area contributed by atoms with Crippen LogP contribution in [0.1, 0.15) is 25.3 Å². The minimum atomic E-state index is -2.94. The van der Waals surface area contributed by atoms with E-state index >= 15 is 0 Å². The number of benzene rings is 1. The molecule has 0 amide bonds. The van der Waals surface area contributed by atoms with Crippen molar-refractivity contribution in [1.29, 1.82) is 0 Å². The average molecular weight is 255 g/mol. The Bertz CT molecular complexity index is 354. The van der Waals surface area contributed by atoms with E-state index in [-0.39, 0.29) is 6.29 Å². The SMILES string of the molecule is CCNCP(=O)(O)CCCCc1ccccc1. The zero-order valence-electron chi connectivity index (χ0n) is 10.4. The molecular weight excluding hydrogens is 233 g/mol. The van der Waals surface area contributed by atoms with Crippen molar-refractivity contribution in [2.45, 2.75) is 26.2 Å². The van der Waals surface area contributed by atoms with Crippen molar-refractivity contribution in [2.24, 2.45) is 0 Å². The van der Waals surface area contributed by atoms with Gasteiger partial charge in [-0.1, -0.05) is 37.3 Å². The smallest absolute Gasteiger partial charge is 0.213 e. The highest BCUT2D eigenvalue weighted by Crippen LogP contribution is 2.39. The van der Waals surface area contributed by atoms with Crippen LogP contribution in [0.2, 0.25) is 0 Å². The number of hydrogen-bond acceptors (Lipinski definition) is 2. The number of nitrogens with one attached hydrogen (secondary N) is 1. The lowest BCUT2D eigenvalue weighted by Gasteiger charge is -2.11. The van der Waals surface area contributed by atoms with Crippen molar-refractivity contribution in [3.05, 3.63) is 35.9 Å². The quantitative estimate of drug-likeness (QED) is 0.554. The second-order valence-electron chi connectivity index (χ2n) is 4.27. The molecule has 0 saturated carbocycles. The van der Waals surface area contributed by atoms with Crippen LogP contribution in [-0.4, -0.2) is 23.9 Å². The predicted octanol–water partition coefficient (Wildman–Crippen LogP) is 2.85. The molecule has 1 aromatic rings. The van der Waals surface area contributed by atoms with Gasteiger partial charge in [0, 0.05) is 6.16 Å². The van der Waals surface area contributed by atoms with Gasteiger partial charge in [0.05, 0.1) is 6.29 Å². The first kappa shape index (κ1) is 14.4. The Morgan fingerprint density at radius 1 is 1.24 bits per heavy atom. The van der Waals surface area contributed by atoms with Gasteiger partial charge in [0.1, 0.15) is 0 Å². The lowest BCUT2D eigenvalue weighted by atomic mass is 10.1. The molecule has 0 bridgehead atoms. The Hall–Kier alpha value is -0.630. The molecule has 0 saturated heterocycles. The molecule has 2 N–H and O–H groups in total. The Morgan fingerprint density at radius 2 is 1.94 bits per heavy atom. The van der Waals surface area contributed by atoms with Gasteiger partial charge >= 0.3 is 0 Å². The molecular formula is C13H22NO2P. The zero-order chi connectivity index (χ0) is 12.6. The van der Waals surface area contributed by atoms with E-state index in [1.54, 1.807) is 0 Å². The lowest BCUT2D eigenvalue weighted by Crippen LogP contribution is -2.15. The van der Waals surface area contributed by atoms with Crippen LogP contribution < -0.4 is 5.32 Å². The van der Waals surface area contributed by atoms with Gasteiger partial charge in [0.2, 0.25) is 7.37 Å². The van der Waals surface area contributed by atoms with Crippen molar-refractivity contribution < 1.29 is 9.46 Å². The average Bonchev–Trinajstić information content (AvgIpc) is 2.34. The molecule has 4 heteroatoms. The molecule has 1 rings (SSSR count). The minimum Gasteiger partial charge on any atom is -0.343 e. The van der Waals surface area contributed by atoms with Gasteiger partial charge in [-0.3, -0.25) is 4.57 Å². The molecule has 0 heterocycles. The molecule has 1 aromatic carbocycles. The van der Waals surface area contributed by atoms with Crippen LogP contribution in [0.15, 0.2) is 30.3 Å². The fourth-order valence-electron chi connectivity index (χ4n) is 1.70. The first-order valence-corrected chi connectivity index (χ1v) is 8.22. The summed E-state index contributed by atoms with van der Waals surface area (Å²) in [7, 11) is -2.94. The van der Waals surface area contributed by atoms with E-state index in [2.05, 4.69) is 17.4 Å². The van der Waals surface area contributed by atoms with E-state index in [0.717, 1.165) is 25.8 Å². The fourth-order valence-corrected chi connectivity index (χ4v) is 3.15. The highest BCUT2D eigenvalue weighted by Gasteiger charge is 2.15. The predicted molar refractivity (Wildman–Crippen MR) is 72.6 cm³/mol. The summed E-state index contributed by atoms with van der Waals surface area (Å²) in [5, 5.41) is 2.93. The van der Waals surface area contributed by atoms with Crippen molar-refractivity contribution in [3.8, 4) is 0 Å². The van der Waals surface area contributed by atoms with Crippen LogP contribution in [-0.2, 0) is 11.0 Å². The Balaban J connectivity index is 2.17. The lowest BCUT2D eigenvalue weighted by molar-refractivity contribution is 0.469. The van der Waals surface area contributed by atoms with Gasteiger partial charge in [-0.25, -0.2) is 0 Å². The van der Waals surface area contributed by atoms with Gasteiger partial charge in [-0.05, 0) is 31.4 Å². The van der Waals surface area contributed by atoms with E-state index in [1.807, 2.05) is 25.1 Å². The van der Waals surface area contributed by atoms with Crippen molar-refractivity contribution in [2.75, 3.05) is 19.0 Å². The molecule has 0 radical (unpaired) electrons. The summed E-state index contributed by atoms with van der Waals surface area (Å²) < 4.78 is 11.7. The maximum Gasteiger partial charge on any atom is 0.213 e. The Kier molecular flexibility index (Phi) is 6.49. The van der Waals surface area contributed by atoms with Gasteiger partial charge < -0.3 is 10.2 Å². The second-order valence-corrected chi connectivity index (χ2v) is 6.73. The molecule has 0 aliphatic rings. The highest BCUT2D eigenvalue weighted by atomic mass is 31.2. The zero-order valence-corrected chi connectivity index (χ0v) is 11.3. The molecule has 0 spiro atoms. The van der Waals surface area contributed by atoms with Crippen molar-refractivity contribution in [3.63, 3.8) is 0 Å². The fraction of sp³-hybridized carbons (Fsp3) is 0.538. The normalized spacial score (nSPS) is 14.5. The maximum absolute atomic E-state index is 11.7. The third-order valence-electron chi connectivity index (χ3n) is 2.67. The second kappa shape index (κ2) is 7.65. The topological polar surface area (TPSA) is 49.3 Å².